The van der Waals surface area contributed by atoms with Gasteiger partial charge in [0.1, 0.15) is 12.1 Å². The summed E-state index contributed by atoms with van der Waals surface area (Å²) in [4.78, 5) is 64.3. The van der Waals surface area contributed by atoms with E-state index in [4.69, 9.17) is 17.2 Å². The van der Waals surface area contributed by atoms with E-state index in [2.05, 4.69) is 20.9 Å². The predicted octanol–water partition coefficient (Wildman–Crippen LogP) is -3.19. The summed E-state index contributed by atoms with van der Waals surface area (Å²) in [6.45, 7) is 4.73. The van der Waals surface area contributed by atoms with Gasteiger partial charge in [-0.25, -0.2) is 4.79 Å². The molecule has 0 rings (SSSR count). The van der Waals surface area contributed by atoms with Gasteiger partial charge < -0.3 is 48.5 Å². The Hall–Kier alpha value is -3.46. The van der Waals surface area contributed by atoms with Crippen molar-refractivity contribution < 1.29 is 39.3 Å². The van der Waals surface area contributed by atoms with E-state index in [0.29, 0.717) is 12.8 Å². The molecule has 0 aromatic carbocycles. The molecule has 0 aromatic heterocycles. The molecule has 0 aliphatic rings. The van der Waals surface area contributed by atoms with Crippen LogP contribution in [0.15, 0.2) is 4.99 Å². The molecule has 12 N–H and O–H groups in total. The van der Waals surface area contributed by atoms with Crippen LogP contribution in [0.1, 0.15) is 46.5 Å². The smallest absolute Gasteiger partial charge is 0.328 e. The van der Waals surface area contributed by atoms with E-state index in [1.807, 2.05) is 0 Å². The van der Waals surface area contributed by atoms with E-state index in [0.717, 1.165) is 0 Å². The fourth-order valence-corrected chi connectivity index (χ4v) is 2.90. The second kappa shape index (κ2) is 15.4. The number of carboxylic acid groups (broad SMARTS) is 2. The molecule has 0 heterocycles. The zero-order valence-corrected chi connectivity index (χ0v) is 20.1. The van der Waals surface area contributed by atoms with Crippen LogP contribution in [0.2, 0.25) is 0 Å². The normalized spacial score (nSPS) is 15.9. The molecule has 0 aliphatic heterocycles. The van der Waals surface area contributed by atoms with Crippen molar-refractivity contribution in [2.75, 3.05) is 6.54 Å². The standard InChI is InChI=1S/C20H37N7O8/c1-4-9(2)14(18(33)27-15(10(3)28)19(34)35)26-17(32)12(8-13(29)30)25-16(31)11(21)6-5-7-24-20(22)23/h9-12,14-15,28H,4-8,21H2,1-3H3,(H,25,31)(H,26,32)(H,27,33)(H,29,30)(H,34,35)(H4,22,23,24). The average molecular weight is 504 g/mol. The molecule has 0 spiro atoms. The Balaban J connectivity index is 5.45. The van der Waals surface area contributed by atoms with Crippen LogP contribution >= 0.6 is 0 Å². The summed E-state index contributed by atoms with van der Waals surface area (Å²) in [6.07, 6.45) is -1.32. The van der Waals surface area contributed by atoms with Gasteiger partial charge in [-0.15, -0.1) is 0 Å². The number of hydrogen-bond donors (Lipinski definition) is 9. The van der Waals surface area contributed by atoms with Crippen LogP contribution in [0.25, 0.3) is 0 Å². The fraction of sp³-hybridized carbons (Fsp3) is 0.700. The molecule has 6 unspecified atom stereocenters. The lowest BCUT2D eigenvalue weighted by molar-refractivity contribution is -0.146. The summed E-state index contributed by atoms with van der Waals surface area (Å²) in [6, 6.07) is -5.54. The number of carbonyl (C=O) groups excluding carboxylic acids is 3. The van der Waals surface area contributed by atoms with Gasteiger partial charge in [0.25, 0.3) is 0 Å². The maximum Gasteiger partial charge on any atom is 0.328 e. The summed E-state index contributed by atoms with van der Waals surface area (Å²) < 4.78 is 0. The van der Waals surface area contributed by atoms with E-state index in [-0.39, 0.29) is 18.9 Å². The molecule has 35 heavy (non-hydrogen) atoms. The third-order valence-electron chi connectivity index (χ3n) is 5.16. The van der Waals surface area contributed by atoms with Gasteiger partial charge in [-0.2, -0.15) is 0 Å². The number of nitrogens with two attached hydrogens (primary N) is 3. The number of aliphatic hydroxyl groups excluding tert-OH is 1. The minimum atomic E-state index is -1.63. The van der Waals surface area contributed by atoms with E-state index in [9.17, 15) is 39.3 Å². The average Bonchev–Trinajstić information content (AvgIpc) is 2.76. The van der Waals surface area contributed by atoms with Crippen molar-refractivity contribution in [2.24, 2.45) is 28.1 Å². The van der Waals surface area contributed by atoms with Crippen LogP contribution in [-0.2, 0) is 24.0 Å². The van der Waals surface area contributed by atoms with Gasteiger partial charge in [-0.05, 0) is 25.7 Å². The Morgan fingerprint density at radius 2 is 1.49 bits per heavy atom. The summed E-state index contributed by atoms with van der Waals surface area (Å²) in [5.74, 6) is -6.15. The quantitative estimate of drug-likeness (QED) is 0.0574. The highest BCUT2D eigenvalue weighted by atomic mass is 16.4. The van der Waals surface area contributed by atoms with Crippen LogP contribution < -0.4 is 33.2 Å². The maximum absolute atomic E-state index is 12.8. The first-order valence-corrected chi connectivity index (χ1v) is 11.1. The second-order valence-electron chi connectivity index (χ2n) is 8.15. The van der Waals surface area contributed by atoms with Crippen molar-refractivity contribution in [1.82, 2.24) is 16.0 Å². The Kier molecular flexibility index (Phi) is 13.9. The lowest BCUT2D eigenvalue weighted by atomic mass is 9.97. The van der Waals surface area contributed by atoms with E-state index in [1.165, 1.54) is 6.92 Å². The van der Waals surface area contributed by atoms with Crippen LogP contribution in [0.3, 0.4) is 0 Å². The van der Waals surface area contributed by atoms with Crippen molar-refractivity contribution in [1.29, 1.82) is 0 Å². The lowest BCUT2D eigenvalue weighted by Crippen LogP contribution is -2.60. The zero-order chi connectivity index (χ0) is 27.3. The van der Waals surface area contributed by atoms with Crippen molar-refractivity contribution in [3.05, 3.63) is 0 Å². The molecule has 0 radical (unpaired) electrons. The predicted molar refractivity (Wildman–Crippen MR) is 125 cm³/mol. The number of nitrogens with zero attached hydrogens (tertiary/aromatic N) is 1. The minimum absolute atomic E-state index is 0.121. The number of aliphatic hydroxyl groups is 1. The molecule has 0 aromatic rings. The Labute approximate surface area is 202 Å². The minimum Gasteiger partial charge on any atom is -0.481 e. The number of hydrogen-bond acceptors (Lipinski definition) is 8. The number of carbonyl (C=O) groups is 5. The zero-order valence-electron chi connectivity index (χ0n) is 20.1. The van der Waals surface area contributed by atoms with Crippen LogP contribution in [0.4, 0.5) is 0 Å². The Morgan fingerprint density at radius 3 is 1.94 bits per heavy atom. The highest BCUT2D eigenvalue weighted by molar-refractivity contribution is 5.95. The third-order valence-corrected chi connectivity index (χ3v) is 5.16. The van der Waals surface area contributed by atoms with E-state index in [1.54, 1.807) is 13.8 Å². The molecule has 0 aliphatic carbocycles. The summed E-state index contributed by atoms with van der Waals surface area (Å²) in [5, 5.41) is 34.8. The second-order valence-corrected chi connectivity index (χ2v) is 8.15. The van der Waals surface area contributed by atoms with Gasteiger partial charge in [-0.1, -0.05) is 20.3 Å². The largest absolute Gasteiger partial charge is 0.481 e. The van der Waals surface area contributed by atoms with Crippen LogP contribution in [0.5, 0.6) is 0 Å². The number of nitrogens with one attached hydrogen (secondary N) is 3. The van der Waals surface area contributed by atoms with Crippen molar-refractivity contribution in [2.45, 2.75) is 76.7 Å². The van der Waals surface area contributed by atoms with Gasteiger partial charge in [-0.3, -0.25) is 24.2 Å². The summed E-state index contributed by atoms with van der Waals surface area (Å²) in [5.41, 5.74) is 16.2. The maximum atomic E-state index is 12.8. The molecule has 6 atom stereocenters. The van der Waals surface area contributed by atoms with Gasteiger partial charge in [0.15, 0.2) is 12.0 Å². The Morgan fingerprint density at radius 1 is 0.914 bits per heavy atom. The van der Waals surface area contributed by atoms with Gasteiger partial charge >= 0.3 is 11.9 Å². The van der Waals surface area contributed by atoms with Gasteiger partial charge in [0.05, 0.1) is 18.6 Å². The Bertz CT molecular complexity index is 785. The van der Waals surface area contributed by atoms with Crippen molar-refractivity contribution >= 4 is 35.6 Å². The summed E-state index contributed by atoms with van der Waals surface area (Å²) >= 11 is 0. The molecule has 200 valence electrons. The number of guanidine groups is 1. The van der Waals surface area contributed by atoms with Crippen LogP contribution in [-0.4, -0.2) is 87.8 Å². The van der Waals surface area contributed by atoms with E-state index < -0.39 is 72.3 Å². The first-order chi connectivity index (χ1) is 16.2. The molecular formula is C20H37N7O8. The topological polar surface area (TPSA) is 273 Å². The van der Waals surface area contributed by atoms with E-state index >= 15 is 0 Å². The highest BCUT2D eigenvalue weighted by Crippen LogP contribution is 2.10. The number of amides is 3. The first-order valence-electron chi connectivity index (χ1n) is 11.1. The number of carboxylic acids is 2. The number of aliphatic imine (C=N–C) groups is 1. The molecular weight excluding hydrogens is 466 g/mol. The molecule has 0 saturated carbocycles. The first kappa shape index (κ1) is 31.5. The van der Waals surface area contributed by atoms with Crippen molar-refractivity contribution in [3.63, 3.8) is 0 Å². The monoisotopic (exact) mass is 503 g/mol. The van der Waals surface area contributed by atoms with Gasteiger partial charge in [0.2, 0.25) is 17.7 Å². The lowest BCUT2D eigenvalue weighted by Gasteiger charge is -2.28. The SMILES string of the molecule is CCC(C)C(NC(=O)C(CC(=O)O)NC(=O)C(N)CCCN=C(N)N)C(=O)NC(C(=O)O)C(C)O. The molecule has 3 amide bonds. The summed E-state index contributed by atoms with van der Waals surface area (Å²) in [7, 11) is 0. The fourth-order valence-electron chi connectivity index (χ4n) is 2.90. The van der Waals surface area contributed by atoms with Crippen molar-refractivity contribution in [3.8, 4) is 0 Å². The van der Waals surface area contributed by atoms with Crippen LogP contribution in [0, 0.1) is 5.92 Å². The molecule has 15 heteroatoms. The molecule has 0 fully saturated rings. The highest BCUT2D eigenvalue weighted by Gasteiger charge is 2.34. The number of aliphatic carboxylic acids is 2. The molecule has 0 saturated heterocycles. The molecule has 0 bridgehead atoms. The third kappa shape index (κ3) is 12.0. The molecule has 15 nitrogen and oxygen atoms in total. The van der Waals surface area contributed by atoms with Gasteiger partial charge in [0, 0.05) is 6.54 Å². The number of rotatable bonds is 16.